The van der Waals surface area contributed by atoms with Gasteiger partial charge >= 0.3 is 0 Å². The highest BCUT2D eigenvalue weighted by atomic mass is 19.1. The number of hydrogen-bond donors (Lipinski definition) is 3. The fourth-order valence-corrected chi connectivity index (χ4v) is 5.62. The van der Waals surface area contributed by atoms with Crippen LogP contribution in [0.3, 0.4) is 0 Å². The first-order chi connectivity index (χ1) is 19.5. The predicted molar refractivity (Wildman–Crippen MR) is 157 cm³/mol. The molecule has 204 valence electrons. The third-order valence-electron chi connectivity index (χ3n) is 7.80. The minimum absolute atomic E-state index is 0.141. The lowest BCUT2D eigenvalue weighted by Gasteiger charge is -2.26. The molecular weight excluding hydrogens is 501 g/mol. The highest BCUT2D eigenvalue weighted by molar-refractivity contribution is 5.91. The molecule has 1 aromatic carbocycles. The highest BCUT2D eigenvalue weighted by Crippen LogP contribution is 2.30. The lowest BCUT2D eigenvalue weighted by Crippen LogP contribution is -2.25. The van der Waals surface area contributed by atoms with Gasteiger partial charge in [0.2, 0.25) is 0 Å². The van der Waals surface area contributed by atoms with Crippen LogP contribution in [0.1, 0.15) is 49.0 Å². The molecular formula is C32H34FN7. The van der Waals surface area contributed by atoms with Gasteiger partial charge in [-0.1, -0.05) is 18.7 Å². The Bertz CT molecular complexity index is 1600. The molecule has 7 nitrogen and oxygen atoms in total. The van der Waals surface area contributed by atoms with Gasteiger partial charge in [0.05, 0.1) is 29.1 Å². The standard InChI is InChI=1S/C32H34FN7/c1-21-28(10-11-35-31(21)24-8-5-9-26(33)16-24)37-22(2)32-27-17-29(36-20-30(27)38-39-32)25-15-23(18-34-19-25)7-6-14-40-12-3-4-13-40/h5,8-11,15-20,31,35,37H,2-4,6-7,12-14H2,1H3,(H,38,39). The van der Waals surface area contributed by atoms with Gasteiger partial charge in [0, 0.05) is 29.0 Å². The number of aromatic amines is 1. The van der Waals surface area contributed by atoms with Crippen LogP contribution in [0.15, 0.2) is 85.1 Å². The van der Waals surface area contributed by atoms with Crippen molar-refractivity contribution >= 4 is 16.6 Å². The number of halogens is 1. The van der Waals surface area contributed by atoms with E-state index in [-0.39, 0.29) is 11.9 Å². The normalized spacial score (nSPS) is 17.4. The number of rotatable bonds is 9. The molecule has 1 saturated heterocycles. The summed E-state index contributed by atoms with van der Waals surface area (Å²) < 4.78 is 13.9. The van der Waals surface area contributed by atoms with Crippen LogP contribution >= 0.6 is 0 Å². The van der Waals surface area contributed by atoms with Gasteiger partial charge in [0.25, 0.3) is 0 Å². The topological polar surface area (TPSA) is 81.8 Å². The zero-order valence-electron chi connectivity index (χ0n) is 22.8. The second-order valence-electron chi connectivity index (χ2n) is 10.6. The molecule has 0 aliphatic carbocycles. The molecule has 3 N–H and O–H groups in total. The zero-order valence-corrected chi connectivity index (χ0v) is 22.8. The summed E-state index contributed by atoms with van der Waals surface area (Å²) >= 11 is 0. The van der Waals surface area contributed by atoms with Crippen LogP contribution in [0.4, 0.5) is 4.39 Å². The minimum atomic E-state index is -0.254. The summed E-state index contributed by atoms with van der Waals surface area (Å²) in [6.07, 6.45) is 14.2. The van der Waals surface area contributed by atoms with Gasteiger partial charge in [0.15, 0.2) is 0 Å². The molecule has 2 aliphatic rings. The van der Waals surface area contributed by atoms with Crippen molar-refractivity contribution < 1.29 is 4.39 Å². The van der Waals surface area contributed by atoms with E-state index in [9.17, 15) is 4.39 Å². The Balaban J connectivity index is 1.20. The lowest BCUT2D eigenvalue weighted by molar-refractivity contribution is 0.334. The van der Waals surface area contributed by atoms with Gasteiger partial charge in [-0.05, 0) is 105 Å². The second kappa shape index (κ2) is 11.4. The Morgan fingerprint density at radius 2 is 2.02 bits per heavy atom. The van der Waals surface area contributed by atoms with Crippen LogP contribution in [0.2, 0.25) is 0 Å². The first kappa shape index (κ1) is 26.0. The number of dihydropyridines is 1. The number of pyridine rings is 2. The highest BCUT2D eigenvalue weighted by Gasteiger charge is 2.20. The quantitative estimate of drug-likeness (QED) is 0.248. The van der Waals surface area contributed by atoms with Crippen LogP contribution in [-0.2, 0) is 6.42 Å². The van der Waals surface area contributed by atoms with E-state index in [4.69, 9.17) is 0 Å². The van der Waals surface area contributed by atoms with Gasteiger partial charge < -0.3 is 15.5 Å². The fraction of sp³-hybridized carbons (Fsp3) is 0.281. The molecule has 0 spiro atoms. The van der Waals surface area contributed by atoms with E-state index in [1.54, 1.807) is 12.1 Å². The van der Waals surface area contributed by atoms with E-state index >= 15 is 0 Å². The molecule has 6 rings (SSSR count). The summed E-state index contributed by atoms with van der Waals surface area (Å²) in [5.41, 5.74) is 8.08. The van der Waals surface area contributed by atoms with Crippen LogP contribution in [0.25, 0.3) is 27.9 Å². The number of aryl methyl sites for hydroxylation is 1. The number of likely N-dealkylation sites (tertiary alicyclic amines) is 1. The first-order valence-corrected chi connectivity index (χ1v) is 13.9. The molecule has 5 heterocycles. The second-order valence-corrected chi connectivity index (χ2v) is 10.6. The molecule has 3 aromatic heterocycles. The molecule has 8 heteroatoms. The van der Waals surface area contributed by atoms with Crippen LogP contribution in [0.5, 0.6) is 0 Å². The maximum atomic E-state index is 13.9. The number of benzene rings is 1. The zero-order chi connectivity index (χ0) is 27.5. The van der Waals surface area contributed by atoms with Crippen molar-refractivity contribution in [1.82, 2.24) is 35.7 Å². The Labute approximate surface area is 233 Å². The molecule has 40 heavy (non-hydrogen) atoms. The van der Waals surface area contributed by atoms with Gasteiger partial charge in [-0.15, -0.1) is 0 Å². The summed E-state index contributed by atoms with van der Waals surface area (Å²) in [6.45, 7) is 9.92. The fourth-order valence-electron chi connectivity index (χ4n) is 5.62. The predicted octanol–water partition coefficient (Wildman–Crippen LogP) is 5.88. The maximum Gasteiger partial charge on any atom is 0.123 e. The van der Waals surface area contributed by atoms with Crippen molar-refractivity contribution in [1.29, 1.82) is 0 Å². The monoisotopic (exact) mass is 535 g/mol. The molecule has 1 unspecified atom stereocenters. The molecule has 0 amide bonds. The number of H-pyrrole nitrogens is 1. The van der Waals surface area contributed by atoms with Crippen molar-refractivity contribution in [2.75, 3.05) is 19.6 Å². The van der Waals surface area contributed by atoms with Crippen molar-refractivity contribution in [3.05, 3.63) is 108 Å². The molecule has 4 aromatic rings. The van der Waals surface area contributed by atoms with Crippen molar-refractivity contribution in [3.63, 3.8) is 0 Å². The first-order valence-electron chi connectivity index (χ1n) is 13.9. The molecule has 2 aliphatic heterocycles. The Hall–Kier alpha value is -4.30. The Kier molecular flexibility index (Phi) is 7.42. The van der Waals surface area contributed by atoms with Gasteiger partial charge in [-0.2, -0.15) is 5.10 Å². The van der Waals surface area contributed by atoms with Gasteiger partial charge in [0.1, 0.15) is 11.5 Å². The summed E-state index contributed by atoms with van der Waals surface area (Å²) in [7, 11) is 0. The molecule has 1 atom stereocenters. The molecule has 0 bridgehead atoms. The number of aromatic nitrogens is 4. The van der Waals surface area contributed by atoms with Crippen LogP contribution in [-0.4, -0.2) is 44.7 Å². The van der Waals surface area contributed by atoms with Gasteiger partial charge in [-0.25, -0.2) is 4.39 Å². The smallest absolute Gasteiger partial charge is 0.123 e. The van der Waals surface area contributed by atoms with E-state index in [0.29, 0.717) is 5.70 Å². The van der Waals surface area contributed by atoms with Crippen molar-refractivity contribution in [2.24, 2.45) is 0 Å². The number of nitrogens with zero attached hydrogens (tertiary/aromatic N) is 4. The summed E-state index contributed by atoms with van der Waals surface area (Å²) in [5.74, 6) is -0.254. The minimum Gasteiger partial charge on any atom is -0.380 e. The SMILES string of the molecule is C=C(NC1=C(C)C(c2cccc(F)c2)NC=C1)c1n[nH]c2cnc(-c3cncc(CCCN4CCCC4)c3)cc12. The van der Waals surface area contributed by atoms with E-state index in [0.717, 1.165) is 64.1 Å². The van der Waals surface area contributed by atoms with E-state index < -0.39 is 0 Å². The van der Waals surface area contributed by atoms with E-state index in [1.807, 2.05) is 49.9 Å². The van der Waals surface area contributed by atoms with E-state index in [2.05, 4.69) is 48.3 Å². The third kappa shape index (κ3) is 5.53. The average molecular weight is 536 g/mol. The Morgan fingerprint density at radius 3 is 2.88 bits per heavy atom. The third-order valence-corrected chi connectivity index (χ3v) is 7.80. The number of fused-ring (bicyclic) bond motifs is 1. The van der Waals surface area contributed by atoms with Crippen LogP contribution < -0.4 is 10.6 Å². The number of hydrogen-bond acceptors (Lipinski definition) is 6. The molecule has 0 radical (unpaired) electrons. The average Bonchev–Trinajstić information content (AvgIpc) is 3.64. The van der Waals surface area contributed by atoms with Crippen LogP contribution in [0, 0.1) is 5.82 Å². The summed E-state index contributed by atoms with van der Waals surface area (Å²) in [6, 6.07) is 10.8. The largest absolute Gasteiger partial charge is 0.380 e. The van der Waals surface area contributed by atoms with Crippen molar-refractivity contribution in [3.8, 4) is 11.3 Å². The van der Waals surface area contributed by atoms with Crippen molar-refractivity contribution in [2.45, 2.75) is 38.6 Å². The summed E-state index contributed by atoms with van der Waals surface area (Å²) in [5, 5.41) is 15.3. The maximum absolute atomic E-state index is 13.9. The lowest BCUT2D eigenvalue weighted by atomic mass is 9.96. The summed E-state index contributed by atoms with van der Waals surface area (Å²) in [4.78, 5) is 11.7. The number of allylic oxidation sites excluding steroid dienone is 1. The molecule has 0 saturated carbocycles. The van der Waals surface area contributed by atoms with Gasteiger partial charge in [-0.3, -0.25) is 15.1 Å². The number of nitrogens with one attached hydrogen (secondary N) is 3. The molecule has 1 fully saturated rings. The Morgan fingerprint density at radius 1 is 1.15 bits per heavy atom. The van der Waals surface area contributed by atoms with E-state index in [1.165, 1.54) is 37.6 Å².